The summed E-state index contributed by atoms with van der Waals surface area (Å²) in [4.78, 5) is 23.5. The Morgan fingerprint density at radius 1 is 1.00 bits per heavy atom. The number of piperidine rings is 2. The van der Waals surface area contributed by atoms with E-state index < -0.39 is 10.0 Å². The first-order valence-corrected chi connectivity index (χ1v) is 11.9. The van der Waals surface area contributed by atoms with Crippen molar-refractivity contribution in [1.82, 2.24) is 14.3 Å². The van der Waals surface area contributed by atoms with E-state index in [0.29, 0.717) is 31.6 Å². The second-order valence-corrected chi connectivity index (χ2v) is 9.75. The highest BCUT2D eigenvalue weighted by molar-refractivity contribution is 7.89. The lowest BCUT2D eigenvalue weighted by Crippen LogP contribution is -2.41. The predicted molar refractivity (Wildman–Crippen MR) is 115 cm³/mol. The summed E-state index contributed by atoms with van der Waals surface area (Å²) in [5.74, 6) is 0.648. The highest BCUT2D eigenvalue weighted by Gasteiger charge is 2.32. The number of amides is 1. The van der Waals surface area contributed by atoms with Crippen LogP contribution in [0.15, 0.2) is 47.8 Å². The van der Waals surface area contributed by atoms with Crippen LogP contribution in [-0.4, -0.2) is 54.8 Å². The Labute approximate surface area is 177 Å². The summed E-state index contributed by atoms with van der Waals surface area (Å²) in [5.41, 5.74) is 0.672. The zero-order valence-electron chi connectivity index (χ0n) is 16.9. The van der Waals surface area contributed by atoms with E-state index in [-0.39, 0.29) is 16.7 Å². The number of carbonyl (C=O) groups excluding carboxylic acids is 1. The van der Waals surface area contributed by atoms with Crippen molar-refractivity contribution in [3.8, 4) is 0 Å². The molecule has 4 rings (SSSR count). The molecular weight excluding hydrogens is 402 g/mol. The largest absolute Gasteiger partial charge is 0.357 e. The van der Waals surface area contributed by atoms with Gasteiger partial charge >= 0.3 is 0 Å². The number of nitrogens with zero attached hydrogens (tertiary/aromatic N) is 4. The number of hydrogen-bond acceptors (Lipinski definition) is 6. The van der Waals surface area contributed by atoms with E-state index in [1.807, 2.05) is 12.1 Å². The van der Waals surface area contributed by atoms with Crippen LogP contribution in [-0.2, 0) is 14.8 Å². The molecule has 1 amide bonds. The number of pyridine rings is 2. The van der Waals surface area contributed by atoms with Gasteiger partial charge in [-0.2, -0.15) is 4.31 Å². The SMILES string of the molecule is O=C(Nc1ccc(N2CCCCC2)nc1)C1CCN(S(=O)(=O)c2cccnc2)CC1. The fourth-order valence-electron chi connectivity index (χ4n) is 4.02. The molecule has 0 saturated carbocycles. The minimum atomic E-state index is -3.56. The Hall–Kier alpha value is -2.52. The molecule has 4 heterocycles. The van der Waals surface area contributed by atoms with E-state index >= 15 is 0 Å². The van der Waals surface area contributed by atoms with Gasteiger partial charge in [-0.25, -0.2) is 13.4 Å². The fraction of sp³-hybridized carbons (Fsp3) is 0.476. The Morgan fingerprint density at radius 3 is 2.40 bits per heavy atom. The Morgan fingerprint density at radius 2 is 1.77 bits per heavy atom. The van der Waals surface area contributed by atoms with Gasteiger partial charge in [-0.15, -0.1) is 0 Å². The summed E-state index contributed by atoms with van der Waals surface area (Å²) in [6, 6.07) is 6.99. The Bertz CT molecular complexity index is 952. The van der Waals surface area contributed by atoms with Crippen molar-refractivity contribution in [2.75, 3.05) is 36.4 Å². The number of aromatic nitrogens is 2. The molecule has 2 aliphatic rings. The summed E-state index contributed by atoms with van der Waals surface area (Å²) < 4.78 is 26.8. The zero-order chi connectivity index (χ0) is 21.0. The minimum absolute atomic E-state index is 0.0825. The van der Waals surface area contributed by atoms with Crippen LogP contribution in [0.4, 0.5) is 11.5 Å². The van der Waals surface area contributed by atoms with Gasteiger partial charge in [-0.1, -0.05) is 0 Å². The molecule has 0 aromatic carbocycles. The van der Waals surface area contributed by atoms with Gasteiger partial charge in [0.2, 0.25) is 15.9 Å². The summed E-state index contributed by atoms with van der Waals surface area (Å²) >= 11 is 0. The van der Waals surface area contributed by atoms with Crippen molar-refractivity contribution in [2.24, 2.45) is 5.92 Å². The van der Waals surface area contributed by atoms with Crippen LogP contribution in [0.5, 0.6) is 0 Å². The first-order valence-electron chi connectivity index (χ1n) is 10.5. The average Bonchev–Trinajstić information content (AvgIpc) is 2.81. The van der Waals surface area contributed by atoms with Crippen LogP contribution < -0.4 is 10.2 Å². The maximum absolute atomic E-state index is 12.7. The molecule has 0 spiro atoms. The van der Waals surface area contributed by atoms with Gasteiger partial charge in [0.15, 0.2) is 0 Å². The lowest BCUT2D eigenvalue weighted by molar-refractivity contribution is -0.120. The maximum Gasteiger partial charge on any atom is 0.244 e. The zero-order valence-corrected chi connectivity index (χ0v) is 17.7. The van der Waals surface area contributed by atoms with Gasteiger partial charge in [0.25, 0.3) is 0 Å². The molecular formula is C21H27N5O3S. The average molecular weight is 430 g/mol. The number of sulfonamides is 1. The van der Waals surface area contributed by atoms with Gasteiger partial charge in [-0.05, 0) is 56.4 Å². The van der Waals surface area contributed by atoms with Gasteiger partial charge in [0.1, 0.15) is 10.7 Å². The first-order chi connectivity index (χ1) is 14.5. The third kappa shape index (κ3) is 4.62. The maximum atomic E-state index is 12.7. The molecule has 30 heavy (non-hydrogen) atoms. The number of carbonyl (C=O) groups is 1. The van der Waals surface area contributed by atoms with E-state index in [1.165, 1.54) is 29.8 Å². The smallest absolute Gasteiger partial charge is 0.244 e. The van der Waals surface area contributed by atoms with Crippen LogP contribution in [0, 0.1) is 5.92 Å². The molecule has 2 aromatic rings. The van der Waals surface area contributed by atoms with E-state index in [1.54, 1.807) is 24.5 Å². The van der Waals surface area contributed by atoms with Crippen molar-refractivity contribution in [2.45, 2.75) is 37.0 Å². The van der Waals surface area contributed by atoms with E-state index in [2.05, 4.69) is 20.2 Å². The molecule has 1 N–H and O–H groups in total. The molecule has 8 nitrogen and oxygen atoms in total. The normalized spacial score (nSPS) is 18.9. The summed E-state index contributed by atoms with van der Waals surface area (Å²) in [6.07, 6.45) is 9.23. The number of rotatable bonds is 5. The topological polar surface area (TPSA) is 95.5 Å². The van der Waals surface area contributed by atoms with Gasteiger partial charge in [-0.3, -0.25) is 9.78 Å². The highest BCUT2D eigenvalue weighted by Crippen LogP contribution is 2.25. The van der Waals surface area contributed by atoms with Crippen molar-refractivity contribution < 1.29 is 13.2 Å². The fourth-order valence-corrected chi connectivity index (χ4v) is 5.46. The first kappa shape index (κ1) is 20.7. The molecule has 2 saturated heterocycles. The molecule has 9 heteroatoms. The molecule has 160 valence electrons. The van der Waals surface area contributed by atoms with Crippen LogP contribution in [0.25, 0.3) is 0 Å². The number of nitrogens with one attached hydrogen (secondary N) is 1. The molecule has 2 aromatic heterocycles. The van der Waals surface area contributed by atoms with Crippen molar-refractivity contribution in [3.63, 3.8) is 0 Å². The predicted octanol–water partition coefficient (Wildman–Crippen LogP) is 2.51. The summed E-state index contributed by atoms with van der Waals surface area (Å²) in [7, 11) is -3.56. The second-order valence-electron chi connectivity index (χ2n) is 7.81. The van der Waals surface area contributed by atoms with Crippen molar-refractivity contribution in [3.05, 3.63) is 42.9 Å². The highest BCUT2D eigenvalue weighted by atomic mass is 32.2. The monoisotopic (exact) mass is 429 g/mol. The standard InChI is InChI=1S/C21H27N5O3S/c27-21(24-18-6-7-20(23-15-18)25-11-2-1-3-12-25)17-8-13-26(14-9-17)30(28,29)19-5-4-10-22-16-19/h4-7,10,15-17H,1-3,8-9,11-14H2,(H,24,27). The lowest BCUT2D eigenvalue weighted by atomic mass is 9.97. The van der Waals surface area contributed by atoms with Gasteiger partial charge in [0, 0.05) is 44.5 Å². The minimum Gasteiger partial charge on any atom is -0.357 e. The third-order valence-corrected chi connectivity index (χ3v) is 7.67. The molecule has 2 fully saturated rings. The van der Waals surface area contributed by atoms with E-state index in [9.17, 15) is 13.2 Å². The Kier molecular flexibility index (Phi) is 6.29. The molecule has 0 radical (unpaired) electrons. The van der Waals surface area contributed by atoms with Crippen LogP contribution in [0.3, 0.4) is 0 Å². The van der Waals surface area contributed by atoms with Crippen LogP contribution in [0.1, 0.15) is 32.1 Å². The quantitative estimate of drug-likeness (QED) is 0.785. The Balaban J connectivity index is 1.31. The number of anilines is 2. The molecule has 0 aliphatic carbocycles. The summed E-state index contributed by atoms with van der Waals surface area (Å²) in [5, 5.41) is 2.93. The molecule has 0 atom stereocenters. The lowest BCUT2D eigenvalue weighted by Gasteiger charge is -2.30. The second kappa shape index (κ2) is 9.09. The van der Waals surface area contributed by atoms with Crippen LogP contribution in [0.2, 0.25) is 0 Å². The number of hydrogen-bond donors (Lipinski definition) is 1. The van der Waals surface area contributed by atoms with E-state index in [4.69, 9.17) is 0 Å². The van der Waals surface area contributed by atoms with Crippen LogP contribution >= 0.6 is 0 Å². The van der Waals surface area contributed by atoms with Gasteiger partial charge in [0.05, 0.1) is 11.9 Å². The van der Waals surface area contributed by atoms with Gasteiger partial charge < -0.3 is 10.2 Å². The van der Waals surface area contributed by atoms with E-state index in [0.717, 1.165) is 18.9 Å². The molecule has 0 unspecified atom stereocenters. The molecule has 2 aliphatic heterocycles. The third-order valence-electron chi connectivity index (χ3n) is 5.79. The molecule has 0 bridgehead atoms. The summed E-state index contributed by atoms with van der Waals surface area (Å²) in [6.45, 7) is 2.70. The van der Waals surface area contributed by atoms with Crippen molar-refractivity contribution in [1.29, 1.82) is 0 Å². The van der Waals surface area contributed by atoms with Crippen molar-refractivity contribution >= 4 is 27.4 Å².